The number of alkyl halides is 2. The van der Waals surface area contributed by atoms with Gasteiger partial charge in [-0.3, -0.25) is 4.39 Å². The minimum Gasteiger partial charge on any atom is -0.748 e. The molecule has 0 spiro atoms. The van der Waals surface area contributed by atoms with E-state index < -0.39 is 22.0 Å². The maximum atomic E-state index is 12.8. The van der Waals surface area contributed by atoms with Gasteiger partial charge in [0.25, 0.3) is 0 Å². The quantitative estimate of drug-likeness (QED) is 0.315. The summed E-state index contributed by atoms with van der Waals surface area (Å²) in [5.74, 6) is -0.933. The van der Waals surface area contributed by atoms with E-state index in [1.807, 2.05) is 0 Å². The molecule has 0 heterocycles. The molecular formula is C9H17F2KO3S. The van der Waals surface area contributed by atoms with Crippen LogP contribution in [0, 0.1) is 0 Å². The molecule has 0 aliphatic carbocycles. The van der Waals surface area contributed by atoms with Gasteiger partial charge in [0.05, 0.1) is 22.5 Å². The molecule has 0 rings (SSSR count). The molecule has 3 nitrogen and oxygen atoms in total. The van der Waals surface area contributed by atoms with Crippen LogP contribution in [0.15, 0.2) is 0 Å². The minimum absolute atomic E-state index is 0. The molecule has 7 heteroatoms. The van der Waals surface area contributed by atoms with Crippen LogP contribution in [0.5, 0.6) is 0 Å². The standard InChI is InChI=1S/C9H18F2O3S.K/c10-7-5-3-1-2-4-6-9(11)8-15(12,13)14;/h9H,1-8H2,(H,12,13,14);/q;+1/p-1. The summed E-state index contributed by atoms with van der Waals surface area (Å²) in [5, 5.41) is 0. The molecule has 0 aromatic rings. The molecule has 0 fully saturated rings. The first-order valence-corrected chi connectivity index (χ1v) is 6.67. The van der Waals surface area contributed by atoms with Crippen molar-refractivity contribution in [2.45, 2.75) is 44.7 Å². The Morgan fingerprint density at radius 1 is 1.06 bits per heavy atom. The summed E-state index contributed by atoms with van der Waals surface area (Å²) >= 11 is 0. The third-order valence-electron chi connectivity index (χ3n) is 2.04. The van der Waals surface area contributed by atoms with E-state index in [2.05, 4.69) is 0 Å². The van der Waals surface area contributed by atoms with E-state index in [1.54, 1.807) is 0 Å². The first kappa shape index (κ1) is 19.7. The number of hydrogen-bond donors (Lipinski definition) is 0. The normalized spacial score (nSPS) is 13.2. The van der Waals surface area contributed by atoms with Crippen LogP contribution < -0.4 is 51.4 Å². The van der Waals surface area contributed by atoms with Gasteiger partial charge in [0.15, 0.2) is 0 Å². The van der Waals surface area contributed by atoms with Gasteiger partial charge < -0.3 is 4.55 Å². The Hall–Kier alpha value is 1.41. The van der Waals surface area contributed by atoms with Crippen LogP contribution in [-0.2, 0) is 10.1 Å². The van der Waals surface area contributed by atoms with Crippen molar-refractivity contribution < 1.29 is 73.1 Å². The number of rotatable bonds is 9. The Balaban J connectivity index is 0. The first-order valence-electron chi connectivity index (χ1n) is 5.09. The Morgan fingerprint density at radius 2 is 1.56 bits per heavy atom. The van der Waals surface area contributed by atoms with E-state index in [1.165, 1.54) is 0 Å². The van der Waals surface area contributed by atoms with E-state index in [-0.39, 0.29) is 64.5 Å². The van der Waals surface area contributed by atoms with Crippen LogP contribution in [0.1, 0.15) is 38.5 Å². The van der Waals surface area contributed by atoms with Crippen LogP contribution in [0.3, 0.4) is 0 Å². The Morgan fingerprint density at radius 3 is 2.06 bits per heavy atom. The number of hydrogen-bond acceptors (Lipinski definition) is 3. The van der Waals surface area contributed by atoms with E-state index in [9.17, 15) is 21.8 Å². The van der Waals surface area contributed by atoms with Crippen molar-refractivity contribution in [3.63, 3.8) is 0 Å². The summed E-state index contributed by atoms with van der Waals surface area (Å²) < 4.78 is 55.0. The Kier molecular flexibility index (Phi) is 14.2. The van der Waals surface area contributed by atoms with Crippen molar-refractivity contribution in [1.29, 1.82) is 0 Å². The van der Waals surface area contributed by atoms with Gasteiger partial charge in [-0.2, -0.15) is 0 Å². The number of unbranched alkanes of at least 4 members (excludes halogenated alkanes) is 4. The number of halogens is 2. The molecule has 1 unspecified atom stereocenters. The fourth-order valence-electron chi connectivity index (χ4n) is 1.30. The first-order chi connectivity index (χ1) is 6.95. The predicted octanol–water partition coefficient (Wildman–Crippen LogP) is -0.816. The monoisotopic (exact) mass is 282 g/mol. The van der Waals surface area contributed by atoms with Crippen molar-refractivity contribution in [2.75, 3.05) is 12.4 Å². The Labute approximate surface area is 139 Å². The summed E-state index contributed by atoms with van der Waals surface area (Å²) in [6.07, 6.45) is 1.94. The molecule has 92 valence electrons. The largest absolute Gasteiger partial charge is 1.00 e. The van der Waals surface area contributed by atoms with Gasteiger partial charge in [0.1, 0.15) is 6.17 Å². The zero-order chi connectivity index (χ0) is 11.7. The summed E-state index contributed by atoms with van der Waals surface area (Å²) in [7, 11) is -4.45. The maximum Gasteiger partial charge on any atom is 1.00 e. The third kappa shape index (κ3) is 15.4. The molecule has 0 radical (unpaired) electrons. The van der Waals surface area contributed by atoms with E-state index >= 15 is 0 Å². The van der Waals surface area contributed by atoms with Crippen LogP contribution in [0.2, 0.25) is 0 Å². The second-order valence-corrected chi connectivity index (χ2v) is 5.02. The minimum atomic E-state index is -4.45. The van der Waals surface area contributed by atoms with E-state index in [4.69, 9.17) is 0 Å². The second-order valence-electron chi connectivity index (χ2n) is 3.57. The molecule has 1 atom stereocenters. The summed E-state index contributed by atoms with van der Waals surface area (Å²) in [6, 6.07) is 0. The molecule has 0 aromatic carbocycles. The molecule has 0 bridgehead atoms. The molecule has 0 N–H and O–H groups in total. The van der Waals surface area contributed by atoms with Crippen LogP contribution in [0.25, 0.3) is 0 Å². The van der Waals surface area contributed by atoms with Crippen LogP contribution in [0.4, 0.5) is 8.78 Å². The summed E-state index contributed by atoms with van der Waals surface area (Å²) in [6.45, 7) is -0.333. The topological polar surface area (TPSA) is 57.2 Å². The SMILES string of the molecule is O=S(=O)([O-])CC(F)CCCCCCCF.[K+]. The van der Waals surface area contributed by atoms with Gasteiger partial charge in [0.2, 0.25) is 0 Å². The molecular weight excluding hydrogens is 265 g/mol. The predicted molar refractivity (Wildman–Crippen MR) is 53.1 cm³/mol. The molecule has 0 aliphatic rings. The third-order valence-corrected chi connectivity index (χ3v) is 2.81. The van der Waals surface area contributed by atoms with Crippen LogP contribution in [-0.4, -0.2) is 31.6 Å². The molecule has 0 amide bonds. The van der Waals surface area contributed by atoms with Gasteiger partial charge in [-0.15, -0.1) is 0 Å². The molecule has 16 heavy (non-hydrogen) atoms. The smallest absolute Gasteiger partial charge is 0.748 e. The molecule has 0 saturated carbocycles. The van der Waals surface area contributed by atoms with Gasteiger partial charge in [0, 0.05) is 0 Å². The molecule has 0 aliphatic heterocycles. The maximum absolute atomic E-state index is 12.8. The van der Waals surface area contributed by atoms with Gasteiger partial charge in [-0.1, -0.05) is 25.7 Å². The van der Waals surface area contributed by atoms with E-state index in [0.717, 1.165) is 19.3 Å². The summed E-state index contributed by atoms with van der Waals surface area (Å²) in [5.41, 5.74) is 0. The average molecular weight is 282 g/mol. The van der Waals surface area contributed by atoms with Gasteiger partial charge in [-0.05, 0) is 12.8 Å². The van der Waals surface area contributed by atoms with Crippen molar-refractivity contribution in [3.8, 4) is 0 Å². The average Bonchev–Trinajstić information content (AvgIpc) is 2.08. The van der Waals surface area contributed by atoms with Crippen molar-refractivity contribution >= 4 is 10.1 Å². The molecule has 0 saturated heterocycles. The van der Waals surface area contributed by atoms with Crippen molar-refractivity contribution in [2.24, 2.45) is 0 Å². The van der Waals surface area contributed by atoms with E-state index in [0.29, 0.717) is 12.8 Å². The zero-order valence-electron chi connectivity index (χ0n) is 9.62. The molecule has 0 aromatic heterocycles. The fraction of sp³-hybridized carbons (Fsp3) is 1.00. The van der Waals surface area contributed by atoms with Crippen LogP contribution >= 0.6 is 0 Å². The second kappa shape index (κ2) is 11.5. The van der Waals surface area contributed by atoms with Gasteiger partial charge in [-0.25, -0.2) is 12.8 Å². The summed E-state index contributed by atoms with van der Waals surface area (Å²) in [4.78, 5) is 0. The van der Waals surface area contributed by atoms with Gasteiger partial charge >= 0.3 is 51.4 Å². The fourth-order valence-corrected chi connectivity index (χ4v) is 1.91. The van der Waals surface area contributed by atoms with Crippen molar-refractivity contribution in [3.05, 3.63) is 0 Å². The van der Waals surface area contributed by atoms with Crippen molar-refractivity contribution in [1.82, 2.24) is 0 Å². The Bertz CT molecular complexity index is 247. The zero-order valence-corrected chi connectivity index (χ0v) is 13.6.